The minimum Gasteiger partial charge on any atom is -0.461 e. The molecule has 5 rings (SSSR count). The predicted molar refractivity (Wildman–Crippen MR) is 98.0 cm³/mol. The summed E-state index contributed by atoms with van der Waals surface area (Å²) in [5, 5.41) is 9.92. The lowest BCUT2D eigenvalue weighted by molar-refractivity contribution is -0.0304. The molecule has 3 aliphatic heterocycles. The van der Waals surface area contributed by atoms with Gasteiger partial charge in [-0.3, -0.25) is 0 Å². The van der Waals surface area contributed by atoms with E-state index in [0.717, 1.165) is 55.4 Å². The maximum Gasteiger partial charge on any atom is 0.340 e. The fourth-order valence-electron chi connectivity index (χ4n) is 4.12. The Labute approximate surface area is 153 Å². The molecule has 3 saturated heterocycles. The number of aromatic nitrogens is 1. The third kappa shape index (κ3) is 3.12. The molecule has 0 saturated carbocycles. The second-order valence-corrected chi connectivity index (χ2v) is 7.20. The number of hydrogen-bond donors (Lipinski definition) is 1. The van der Waals surface area contributed by atoms with Crippen LogP contribution < -0.4 is 0 Å². The van der Waals surface area contributed by atoms with Crippen LogP contribution >= 0.6 is 12.4 Å². The van der Waals surface area contributed by atoms with Gasteiger partial charge in [0.05, 0.1) is 23.8 Å². The first-order chi connectivity index (χ1) is 11.6. The molecule has 2 bridgehead atoms. The molecule has 0 aliphatic carbocycles. The molecule has 6 heteroatoms. The number of hydrogen-bond acceptors (Lipinski definition) is 4. The Morgan fingerprint density at radius 3 is 2.64 bits per heavy atom. The number of aromatic amines is 1. The van der Waals surface area contributed by atoms with Crippen molar-refractivity contribution < 1.29 is 9.53 Å². The summed E-state index contributed by atoms with van der Waals surface area (Å²) in [6.45, 7) is 5.81. The summed E-state index contributed by atoms with van der Waals surface area (Å²) < 4.78 is 5.72. The van der Waals surface area contributed by atoms with Crippen molar-refractivity contribution in [3.05, 3.63) is 35.0 Å². The average Bonchev–Trinajstić information content (AvgIpc) is 3.06. The van der Waals surface area contributed by atoms with Crippen molar-refractivity contribution in [3.63, 3.8) is 0 Å². The van der Waals surface area contributed by atoms with Crippen molar-refractivity contribution in [2.75, 3.05) is 26.2 Å². The highest BCUT2D eigenvalue weighted by molar-refractivity contribution is 6.05. The molecule has 3 aliphatic rings. The summed E-state index contributed by atoms with van der Waals surface area (Å²) in [4.78, 5) is 18.2. The Morgan fingerprint density at radius 2 is 2.00 bits per heavy atom. The number of piperidine rings is 3. The number of nitrogens with one attached hydrogen (secondary N) is 1. The van der Waals surface area contributed by atoms with E-state index < -0.39 is 0 Å². The zero-order chi connectivity index (χ0) is 16.7. The molecule has 132 valence electrons. The number of aryl methyl sites for hydroxylation is 1. The number of H-pyrrole nitrogens is 1. The van der Waals surface area contributed by atoms with Crippen LogP contribution in [0.15, 0.2) is 18.3 Å². The standard InChI is InChI=1S/C19H21N3O2.ClH/c1-13-8-14(10-20)9-16-17(13)15(11-21-16)18(23)24-12-19-2-5-22(6-3-19)7-4-19;/h8-9,11,21H,2-7,12H2,1H3;1H. The van der Waals surface area contributed by atoms with Gasteiger partial charge < -0.3 is 14.6 Å². The van der Waals surface area contributed by atoms with E-state index in [9.17, 15) is 4.79 Å². The van der Waals surface area contributed by atoms with Gasteiger partial charge in [0.15, 0.2) is 0 Å². The highest BCUT2D eigenvalue weighted by Gasteiger charge is 2.40. The van der Waals surface area contributed by atoms with Crippen LogP contribution in [0.25, 0.3) is 10.9 Å². The molecule has 0 amide bonds. The molecular formula is C19H22ClN3O2. The number of carbonyl (C=O) groups excluding carboxylic acids is 1. The van der Waals surface area contributed by atoms with Gasteiger partial charge in [0.2, 0.25) is 0 Å². The number of carbonyl (C=O) groups is 1. The highest BCUT2D eigenvalue weighted by atomic mass is 35.5. The van der Waals surface area contributed by atoms with Crippen LogP contribution in [-0.4, -0.2) is 42.1 Å². The van der Waals surface area contributed by atoms with Crippen LogP contribution in [0.4, 0.5) is 0 Å². The average molecular weight is 360 g/mol. The molecule has 1 aromatic carbocycles. The molecule has 3 fully saturated rings. The van der Waals surface area contributed by atoms with Crippen LogP contribution in [0.5, 0.6) is 0 Å². The van der Waals surface area contributed by atoms with E-state index in [0.29, 0.717) is 17.7 Å². The van der Waals surface area contributed by atoms with Gasteiger partial charge in [-0.1, -0.05) is 0 Å². The minimum atomic E-state index is -0.267. The Balaban J connectivity index is 0.00000182. The van der Waals surface area contributed by atoms with Crippen molar-refractivity contribution >= 4 is 29.3 Å². The summed E-state index contributed by atoms with van der Waals surface area (Å²) in [6.07, 6.45) is 5.07. The summed E-state index contributed by atoms with van der Waals surface area (Å²) >= 11 is 0. The van der Waals surface area contributed by atoms with Gasteiger partial charge in [-0.15, -0.1) is 12.4 Å². The third-order valence-corrected chi connectivity index (χ3v) is 5.71. The van der Waals surface area contributed by atoms with Crippen molar-refractivity contribution in [1.82, 2.24) is 9.88 Å². The monoisotopic (exact) mass is 359 g/mol. The number of nitriles is 1. The van der Waals surface area contributed by atoms with E-state index in [1.165, 1.54) is 0 Å². The molecule has 25 heavy (non-hydrogen) atoms. The molecule has 0 atom stereocenters. The number of nitrogens with zero attached hydrogens (tertiary/aromatic N) is 2. The van der Waals surface area contributed by atoms with Gasteiger partial charge in [-0.05, 0) is 63.5 Å². The van der Waals surface area contributed by atoms with Crippen molar-refractivity contribution in [1.29, 1.82) is 5.26 Å². The maximum atomic E-state index is 12.6. The molecule has 1 N–H and O–H groups in total. The first kappa shape index (κ1) is 17.8. The number of esters is 1. The van der Waals surface area contributed by atoms with E-state index in [1.54, 1.807) is 12.3 Å². The molecule has 0 radical (unpaired) electrons. The van der Waals surface area contributed by atoms with E-state index in [-0.39, 0.29) is 23.8 Å². The molecule has 1 aromatic heterocycles. The third-order valence-electron chi connectivity index (χ3n) is 5.71. The maximum absolute atomic E-state index is 12.6. The van der Waals surface area contributed by atoms with Crippen molar-refractivity contribution in [2.45, 2.75) is 26.2 Å². The number of fused-ring (bicyclic) bond motifs is 4. The lowest BCUT2D eigenvalue weighted by Gasteiger charge is -2.47. The van der Waals surface area contributed by atoms with Gasteiger partial charge in [-0.25, -0.2) is 4.79 Å². The van der Waals surface area contributed by atoms with Crippen LogP contribution in [-0.2, 0) is 4.74 Å². The number of halogens is 1. The molecule has 0 spiro atoms. The minimum absolute atomic E-state index is 0. The van der Waals surface area contributed by atoms with Crippen LogP contribution in [0.1, 0.15) is 40.7 Å². The first-order valence-corrected chi connectivity index (χ1v) is 8.52. The molecular weight excluding hydrogens is 338 g/mol. The second kappa shape index (κ2) is 6.70. The quantitative estimate of drug-likeness (QED) is 0.852. The van der Waals surface area contributed by atoms with Crippen LogP contribution in [0.2, 0.25) is 0 Å². The molecule has 2 aromatic rings. The topological polar surface area (TPSA) is 69.1 Å². The normalized spacial score (nSPS) is 24.6. The van der Waals surface area contributed by atoms with Gasteiger partial charge in [-0.2, -0.15) is 5.26 Å². The first-order valence-electron chi connectivity index (χ1n) is 8.52. The number of rotatable bonds is 3. The fourth-order valence-corrected chi connectivity index (χ4v) is 4.12. The summed E-state index contributed by atoms with van der Waals surface area (Å²) in [5.74, 6) is -0.267. The highest BCUT2D eigenvalue weighted by Crippen LogP contribution is 2.40. The SMILES string of the molecule is Cc1cc(C#N)cc2[nH]cc(C(=O)OCC34CCN(CC3)CC4)c12.Cl. The zero-order valence-electron chi connectivity index (χ0n) is 14.3. The second-order valence-electron chi connectivity index (χ2n) is 7.20. The van der Waals surface area contributed by atoms with E-state index >= 15 is 0 Å². The Morgan fingerprint density at radius 1 is 1.32 bits per heavy atom. The lowest BCUT2D eigenvalue weighted by Crippen LogP contribution is -2.50. The number of ether oxygens (including phenoxy) is 1. The Kier molecular flexibility index (Phi) is 4.77. The molecule has 0 unspecified atom stereocenters. The van der Waals surface area contributed by atoms with Crippen LogP contribution in [0.3, 0.4) is 0 Å². The van der Waals surface area contributed by atoms with Gasteiger partial charge >= 0.3 is 5.97 Å². The number of benzene rings is 1. The molecule has 4 heterocycles. The fraction of sp³-hybridized carbons (Fsp3) is 0.474. The van der Waals surface area contributed by atoms with Gasteiger partial charge in [0, 0.05) is 22.5 Å². The van der Waals surface area contributed by atoms with Gasteiger partial charge in [0.25, 0.3) is 0 Å². The lowest BCUT2D eigenvalue weighted by atomic mass is 9.73. The Bertz CT molecular complexity index is 830. The van der Waals surface area contributed by atoms with Crippen LogP contribution in [0, 0.1) is 23.7 Å². The summed E-state index contributed by atoms with van der Waals surface area (Å²) in [6, 6.07) is 5.72. The van der Waals surface area contributed by atoms with Crippen molar-refractivity contribution in [3.8, 4) is 6.07 Å². The van der Waals surface area contributed by atoms with Gasteiger partial charge in [0.1, 0.15) is 0 Å². The largest absolute Gasteiger partial charge is 0.461 e. The van der Waals surface area contributed by atoms with E-state index in [1.807, 2.05) is 13.0 Å². The van der Waals surface area contributed by atoms with E-state index in [4.69, 9.17) is 10.00 Å². The predicted octanol–water partition coefficient (Wildman–Crippen LogP) is 3.41. The summed E-state index contributed by atoms with van der Waals surface area (Å²) in [5.41, 5.74) is 3.06. The summed E-state index contributed by atoms with van der Waals surface area (Å²) in [7, 11) is 0. The Hall–Kier alpha value is -2.03. The van der Waals surface area contributed by atoms with E-state index in [2.05, 4.69) is 16.0 Å². The smallest absolute Gasteiger partial charge is 0.340 e. The zero-order valence-corrected chi connectivity index (χ0v) is 15.1. The van der Waals surface area contributed by atoms with Crippen molar-refractivity contribution in [2.24, 2.45) is 5.41 Å². The molecule has 5 nitrogen and oxygen atoms in total.